The number of hydrogen-bond donors (Lipinski definition) is 3. The van der Waals surface area contributed by atoms with E-state index in [0.717, 1.165) is 12.1 Å². The Morgan fingerprint density at radius 1 is 1.50 bits per heavy atom. The van der Waals surface area contributed by atoms with Crippen molar-refractivity contribution in [3.8, 4) is 0 Å². The molecular formula is C9H9FN2O4. The first-order valence-corrected chi connectivity index (χ1v) is 4.19. The van der Waals surface area contributed by atoms with E-state index in [0.29, 0.717) is 0 Å². The molecular weight excluding hydrogens is 219 g/mol. The normalized spacial score (nSPS) is 9.81. The molecule has 0 aliphatic rings. The number of nitrogens with one attached hydrogen (secondary N) is 1. The number of benzene rings is 1. The number of rotatable bonds is 4. The average Bonchev–Trinajstić information content (AvgIpc) is 2.21. The number of hydrogen-bond acceptors (Lipinski definition) is 4. The van der Waals surface area contributed by atoms with Crippen LogP contribution in [0, 0.1) is 5.82 Å². The number of carboxylic acids is 1. The fraction of sp³-hybridized carbons (Fsp3) is 0.111. The van der Waals surface area contributed by atoms with Gasteiger partial charge in [0.05, 0.1) is 5.56 Å². The fourth-order valence-corrected chi connectivity index (χ4v) is 0.943. The predicted octanol–water partition coefficient (Wildman–Crippen LogP) is 0.154. The second kappa shape index (κ2) is 5.08. The van der Waals surface area contributed by atoms with Crippen LogP contribution in [0.1, 0.15) is 10.4 Å². The Morgan fingerprint density at radius 3 is 2.81 bits per heavy atom. The molecule has 0 bridgehead atoms. The smallest absolute Gasteiger partial charge is 0.332 e. The van der Waals surface area contributed by atoms with Gasteiger partial charge in [0.25, 0.3) is 5.91 Å². The Morgan fingerprint density at radius 2 is 2.19 bits per heavy atom. The number of anilines is 1. The van der Waals surface area contributed by atoms with Crippen molar-refractivity contribution in [2.24, 2.45) is 0 Å². The highest BCUT2D eigenvalue weighted by atomic mass is 19.1. The third kappa shape index (κ3) is 3.21. The molecule has 0 aliphatic heterocycles. The van der Waals surface area contributed by atoms with E-state index in [9.17, 15) is 14.0 Å². The van der Waals surface area contributed by atoms with E-state index in [1.807, 2.05) is 5.48 Å². The van der Waals surface area contributed by atoms with Gasteiger partial charge in [0, 0.05) is 5.69 Å². The summed E-state index contributed by atoms with van der Waals surface area (Å²) < 4.78 is 12.8. The van der Waals surface area contributed by atoms with Gasteiger partial charge in [-0.3, -0.25) is 9.63 Å². The number of carbonyl (C=O) groups is 2. The van der Waals surface area contributed by atoms with Gasteiger partial charge in [-0.2, -0.15) is 0 Å². The van der Waals surface area contributed by atoms with Crippen molar-refractivity contribution < 1.29 is 23.9 Å². The van der Waals surface area contributed by atoms with Crippen LogP contribution in [0.5, 0.6) is 0 Å². The maximum absolute atomic E-state index is 12.8. The molecule has 0 fully saturated rings. The summed E-state index contributed by atoms with van der Waals surface area (Å²) in [4.78, 5) is 25.7. The quantitative estimate of drug-likeness (QED) is 0.503. The molecule has 6 nitrogen and oxygen atoms in total. The van der Waals surface area contributed by atoms with Crippen LogP contribution >= 0.6 is 0 Å². The molecule has 0 radical (unpaired) electrons. The number of nitrogen functional groups attached to an aromatic ring is 1. The number of hydroxylamine groups is 1. The van der Waals surface area contributed by atoms with Crippen LogP contribution in [-0.4, -0.2) is 23.6 Å². The number of carboxylic acid groups (broad SMARTS) is 1. The fourth-order valence-electron chi connectivity index (χ4n) is 0.943. The number of aliphatic carboxylic acids is 1. The third-order valence-electron chi connectivity index (χ3n) is 1.62. The highest BCUT2D eigenvalue weighted by molar-refractivity contribution is 5.98. The number of amides is 1. The molecule has 0 unspecified atom stereocenters. The molecule has 0 atom stereocenters. The zero-order chi connectivity index (χ0) is 12.1. The summed E-state index contributed by atoms with van der Waals surface area (Å²) in [5.41, 5.74) is 7.20. The van der Waals surface area contributed by atoms with Gasteiger partial charge in [0.1, 0.15) is 5.82 Å². The molecule has 0 saturated carbocycles. The van der Waals surface area contributed by atoms with Gasteiger partial charge in [0.2, 0.25) is 0 Å². The van der Waals surface area contributed by atoms with E-state index in [-0.39, 0.29) is 11.3 Å². The van der Waals surface area contributed by atoms with Crippen LogP contribution < -0.4 is 11.2 Å². The van der Waals surface area contributed by atoms with E-state index >= 15 is 0 Å². The molecule has 0 aliphatic carbocycles. The Bertz CT molecular complexity index is 422. The van der Waals surface area contributed by atoms with Gasteiger partial charge in [-0.1, -0.05) is 0 Å². The van der Waals surface area contributed by atoms with Gasteiger partial charge >= 0.3 is 5.97 Å². The first-order chi connectivity index (χ1) is 7.50. The van der Waals surface area contributed by atoms with Gasteiger partial charge in [-0.15, -0.1) is 0 Å². The molecule has 4 N–H and O–H groups in total. The molecule has 86 valence electrons. The summed E-state index contributed by atoms with van der Waals surface area (Å²) in [6, 6.07) is 3.25. The van der Waals surface area contributed by atoms with Gasteiger partial charge < -0.3 is 10.8 Å². The van der Waals surface area contributed by atoms with Crippen molar-refractivity contribution in [2.45, 2.75) is 0 Å². The Balaban J connectivity index is 2.65. The number of halogens is 1. The van der Waals surface area contributed by atoms with Crippen molar-refractivity contribution in [3.05, 3.63) is 29.6 Å². The van der Waals surface area contributed by atoms with Gasteiger partial charge in [0.15, 0.2) is 6.61 Å². The third-order valence-corrected chi connectivity index (χ3v) is 1.62. The molecule has 16 heavy (non-hydrogen) atoms. The second-order valence-electron chi connectivity index (χ2n) is 2.85. The number of carbonyl (C=O) groups excluding carboxylic acids is 1. The first kappa shape index (κ1) is 11.9. The summed E-state index contributed by atoms with van der Waals surface area (Å²) in [5.74, 6) is -2.68. The molecule has 0 heterocycles. The second-order valence-corrected chi connectivity index (χ2v) is 2.85. The van der Waals surface area contributed by atoms with Crippen LogP contribution in [0.4, 0.5) is 10.1 Å². The molecule has 0 spiro atoms. The lowest BCUT2D eigenvalue weighted by atomic mass is 10.1. The lowest BCUT2D eigenvalue weighted by molar-refractivity contribution is -0.144. The predicted molar refractivity (Wildman–Crippen MR) is 51.9 cm³/mol. The van der Waals surface area contributed by atoms with E-state index in [4.69, 9.17) is 10.8 Å². The molecule has 1 amide bonds. The minimum absolute atomic E-state index is 0.0674. The Labute approximate surface area is 89.8 Å². The van der Waals surface area contributed by atoms with Gasteiger partial charge in [-0.05, 0) is 18.2 Å². The standard InChI is InChI=1S/C9H9FN2O4/c10-5-1-2-7(11)6(3-5)9(15)12-16-4-8(13)14/h1-3H,4,11H2,(H,12,15)(H,13,14). The summed E-state index contributed by atoms with van der Waals surface area (Å²) in [7, 11) is 0. The molecule has 1 aromatic rings. The van der Waals surface area contributed by atoms with Crippen molar-refractivity contribution >= 4 is 17.6 Å². The SMILES string of the molecule is Nc1ccc(F)cc1C(=O)NOCC(=O)O. The zero-order valence-electron chi connectivity index (χ0n) is 8.07. The van der Waals surface area contributed by atoms with Crippen molar-refractivity contribution in [2.75, 3.05) is 12.3 Å². The lowest BCUT2D eigenvalue weighted by Gasteiger charge is -2.06. The summed E-state index contributed by atoms with van der Waals surface area (Å²) in [5, 5.41) is 8.23. The highest BCUT2D eigenvalue weighted by Crippen LogP contribution is 2.12. The van der Waals surface area contributed by atoms with Crippen LogP contribution in [0.2, 0.25) is 0 Å². The van der Waals surface area contributed by atoms with E-state index in [1.165, 1.54) is 6.07 Å². The largest absolute Gasteiger partial charge is 0.479 e. The summed E-state index contributed by atoms with van der Waals surface area (Å²) >= 11 is 0. The Kier molecular flexibility index (Phi) is 3.78. The maximum Gasteiger partial charge on any atom is 0.332 e. The molecule has 0 saturated heterocycles. The van der Waals surface area contributed by atoms with Gasteiger partial charge in [-0.25, -0.2) is 14.7 Å². The van der Waals surface area contributed by atoms with Crippen LogP contribution in [0.15, 0.2) is 18.2 Å². The van der Waals surface area contributed by atoms with E-state index in [1.54, 1.807) is 0 Å². The molecule has 1 aromatic carbocycles. The minimum Gasteiger partial charge on any atom is -0.479 e. The van der Waals surface area contributed by atoms with E-state index in [2.05, 4.69) is 4.84 Å². The van der Waals surface area contributed by atoms with Crippen molar-refractivity contribution in [1.29, 1.82) is 0 Å². The minimum atomic E-state index is -1.24. The van der Waals surface area contributed by atoms with Crippen molar-refractivity contribution in [3.63, 3.8) is 0 Å². The lowest BCUT2D eigenvalue weighted by Crippen LogP contribution is -2.27. The Hall–Kier alpha value is -2.15. The summed E-state index contributed by atoms with van der Waals surface area (Å²) in [6.07, 6.45) is 0. The topological polar surface area (TPSA) is 102 Å². The van der Waals surface area contributed by atoms with Crippen LogP contribution in [0.3, 0.4) is 0 Å². The molecule has 1 rings (SSSR count). The van der Waals surface area contributed by atoms with Crippen LogP contribution in [0.25, 0.3) is 0 Å². The van der Waals surface area contributed by atoms with Crippen LogP contribution in [-0.2, 0) is 9.63 Å². The maximum atomic E-state index is 12.8. The number of nitrogens with two attached hydrogens (primary N) is 1. The monoisotopic (exact) mass is 228 g/mol. The highest BCUT2D eigenvalue weighted by Gasteiger charge is 2.11. The zero-order valence-corrected chi connectivity index (χ0v) is 8.07. The summed E-state index contributed by atoms with van der Waals surface area (Å²) in [6.45, 7) is -0.693. The van der Waals surface area contributed by atoms with E-state index < -0.39 is 24.3 Å². The first-order valence-electron chi connectivity index (χ1n) is 4.19. The van der Waals surface area contributed by atoms with Crippen molar-refractivity contribution in [1.82, 2.24) is 5.48 Å². The average molecular weight is 228 g/mol. The molecule has 7 heteroatoms. The molecule has 0 aromatic heterocycles.